The van der Waals surface area contributed by atoms with Crippen LogP contribution in [0.25, 0.3) is 33.0 Å². The topological polar surface area (TPSA) is 6.48 Å². The Balaban J connectivity index is 0.794. The quantitative estimate of drug-likeness (QED) is 0.0889. The summed E-state index contributed by atoms with van der Waals surface area (Å²) in [5.41, 5.74) is 21.4. The molecule has 4 fully saturated rings. The fourth-order valence-electron chi connectivity index (χ4n) is 19.7. The molecule has 6 aliphatic rings. The van der Waals surface area contributed by atoms with Crippen LogP contribution in [0.5, 0.6) is 0 Å². The molecule has 0 heterocycles. The van der Waals surface area contributed by atoms with Crippen molar-refractivity contribution < 1.29 is 0 Å². The third-order valence-electron chi connectivity index (χ3n) is 24.6. The van der Waals surface area contributed by atoms with E-state index in [1.807, 2.05) is 0 Å². The van der Waals surface area contributed by atoms with E-state index in [-0.39, 0.29) is 21.7 Å². The summed E-state index contributed by atoms with van der Waals surface area (Å²) < 4.78 is 0. The van der Waals surface area contributed by atoms with Gasteiger partial charge in [-0.05, 0) is 249 Å². The first-order valence-electron chi connectivity index (χ1n) is 36.0. The van der Waals surface area contributed by atoms with Gasteiger partial charge >= 0.3 is 0 Å². The molecule has 0 amide bonds. The van der Waals surface area contributed by atoms with Crippen LogP contribution in [0.2, 0.25) is 13.1 Å². The summed E-state index contributed by atoms with van der Waals surface area (Å²) in [6.07, 6.45) is 6.73. The highest BCUT2D eigenvalue weighted by molar-refractivity contribution is 7.11. The lowest BCUT2D eigenvalue weighted by molar-refractivity contribution is -0.0403. The lowest BCUT2D eigenvalue weighted by atomic mass is 9.42. The molecule has 0 aliphatic heterocycles. The number of rotatable bonds is 12. The van der Waals surface area contributed by atoms with E-state index in [4.69, 9.17) is 0 Å². The van der Waals surface area contributed by atoms with Crippen LogP contribution < -0.4 is 40.9 Å². The first-order chi connectivity index (χ1) is 46.8. The summed E-state index contributed by atoms with van der Waals surface area (Å²) in [5.74, 6) is 2.85. The van der Waals surface area contributed by atoms with Crippen molar-refractivity contribution in [2.24, 2.45) is 23.7 Å². The molecule has 12 aromatic rings. The molecule has 12 aromatic carbocycles. The van der Waals surface area contributed by atoms with Gasteiger partial charge in [0.2, 0.25) is 0 Å². The van der Waals surface area contributed by atoms with Crippen molar-refractivity contribution in [3.8, 4) is 22.3 Å². The van der Waals surface area contributed by atoms with E-state index in [1.165, 1.54) is 147 Å². The van der Waals surface area contributed by atoms with Crippen LogP contribution >= 0.6 is 0 Å². The van der Waals surface area contributed by atoms with Gasteiger partial charge < -0.3 is 9.80 Å². The van der Waals surface area contributed by atoms with Crippen molar-refractivity contribution in [2.75, 3.05) is 9.80 Å². The van der Waals surface area contributed by atoms with Crippen molar-refractivity contribution in [1.29, 1.82) is 0 Å². The standard InChI is InChI=1S/C93H90N2Si2/c1-90(2,3)66-25-23-27-72(59-66)94(70-39-44-80(45-40-70)96(9,76-29-15-11-16-30-76)77-31-17-12-18-32-77)74-38-37-64-57-85-84-50-49-83-82-48-43-75(61-86(82)92(7,8)88(83)89(84)93(87(85)58-65(64)56-74)68-52-62-51-63(54-68)55-69(93)53-62)95(73-28-24-26-67(60-73)91(4,5)6)71-41-46-81(47-42-71)97(10,78-33-19-13-20-34-78)79-35-21-14-22-36-79/h11-50,56-63,68-69H,51-55H2,1-10H3. The van der Waals surface area contributed by atoms with E-state index in [9.17, 15) is 0 Å². The average molecular weight is 1290 g/mol. The summed E-state index contributed by atoms with van der Waals surface area (Å²) >= 11 is 0. The van der Waals surface area contributed by atoms with E-state index in [0.29, 0.717) is 11.8 Å². The van der Waals surface area contributed by atoms with Gasteiger partial charge in [-0.1, -0.05) is 263 Å². The predicted octanol–water partition coefficient (Wildman–Crippen LogP) is 20.6. The molecular weight excluding hydrogens is 1200 g/mol. The zero-order valence-electron chi connectivity index (χ0n) is 58.3. The predicted molar refractivity (Wildman–Crippen MR) is 418 cm³/mol. The first-order valence-corrected chi connectivity index (χ1v) is 41.0. The first kappa shape index (κ1) is 61.5. The Morgan fingerprint density at radius 2 is 0.691 bits per heavy atom. The molecule has 18 rings (SSSR count). The summed E-state index contributed by atoms with van der Waals surface area (Å²) in [7, 11) is -4.70. The minimum absolute atomic E-state index is 0.0165. The van der Waals surface area contributed by atoms with E-state index in [2.05, 4.69) is 357 Å². The van der Waals surface area contributed by atoms with Gasteiger partial charge in [0.25, 0.3) is 0 Å². The fraction of sp³-hybridized carbons (Fsp3) is 0.247. The normalized spacial score (nSPS) is 19.6. The third-order valence-corrected chi connectivity index (χ3v) is 33.5. The Bertz CT molecular complexity index is 4890. The molecule has 4 saturated carbocycles. The van der Waals surface area contributed by atoms with Crippen LogP contribution in [0.15, 0.2) is 279 Å². The number of nitrogens with zero attached hydrogens (tertiary/aromatic N) is 2. The number of anilines is 6. The third kappa shape index (κ3) is 9.73. The minimum atomic E-state index is -2.35. The SMILES string of the molecule is CC(C)(C)c1cccc(N(c2ccc([Si](C)(c3ccccc3)c3ccccc3)cc2)c2ccc3c(c2)C(C)(C)c2c-3ccc3c2C2(c4cc5cc(N(c6ccc([Si](C)(c7ccccc7)c7ccccc7)cc6)c6cccc(C(C)(C)C)c6)ccc5cc4-3)C3CC4CC(C3)CC2C4)c1. The van der Waals surface area contributed by atoms with Crippen LogP contribution in [-0.2, 0) is 21.7 Å². The molecule has 6 aliphatic carbocycles. The Morgan fingerprint density at radius 1 is 0.309 bits per heavy atom. The lowest BCUT2D eigenvalue weighted by Gasteiger charge is -2.61. The maximum atomic E-state index is 2.74. The van der Waals surface area contributed by atoms with Gasteiger partial charge in [-0.15, -0.1) is 0 Å². The average Bonchev–Trinajstić information content (AvgIpc) is 1.51. The van der Waals surface area contributed by atoms with Crippen LogP contribution in [-0.4, -0.2) is 16.1 Å². The van der Waals surface area contributed by atoms with Gasteiger partial charge in [0.1, 0.15) is 16.1 Å². The van der Waals surface area contributed by atoms with Crippen LogP contribution in [0, 0.1) is 23.7 Å². The largest absolute Gasteiger partial charge is 0.310 e. The molecule has 0 N–H and O–H groups in total. The maximum absolute atomic E-state index is 2.74. The molecule has 4 bridgehead atoms. The molecule has 0 aromatic heterocycles. The number of hydrogen-bond donors (Lipinski definition) is 0. The highest BCUT2D eigenvalue weighted by Crippen LogP contribution is 2.72. The van der Waals surface area contributed by atoms with E-state index >= 15 is 0 Å². The second kappa shape index (κ2) is 22.8. The van der Waals surface area contributed by atoms with Crippen molar-refractivity contribution in [1.82, 2.24) is 0 Å². The van der Waals surface area contributed by atoms with Gasteiger partial charge in [0, 0.05) is 45.0 Å². The second-order valence-corrected chi connectivity index (χ2v) is 40.4. The fourth-order valence-corrected chi connectivity index (χ4v) is 26.8. The molecule has 2 nitrogen and oxygen atoms in total. The molecule has 0 radical (unpaired) electrons. The Hall–Kier alpha value is -9.07. The summed E-state index contributed by atoms with van der Waals surface area (Å²) in [6, 6.07) is 108. The van der Waals surface area contributed by atoms with Crippen LogP contribution in [0.1, 0.15) is 121 Å². The summed E-state index contributed by atoms with van der Waals surface area (Å²) in [6.45, 7) is 24.2. The maximum Gasteiger partial charge on any atom is 0.145 e. The Morgan fingerprint density at radius 3 is 1.13 bits per heavy atom. The van der Waals surface area contributed by atoms with Crippen molar-refractivity contribution in [3.63, 3.8) is 0 Å². The summed E-state index contributed by atoms with van der Waals surface area (Å²) in [5, 5.41) is 11.1. The number of hydrogen-bond acceptors (Lipinski definition) is 2. The molecule has 4 heteroatoms. The zero-order valence-corrected chi connectivity index (χ0v) is 60.3. The smallest absolute Gasteiger partial charge is 0.145 e. The van der Waals surface area contributed by atoms with E-state index in [0.717, 1.165) is 11.8 Å². The second-order valence-electron chi connectivity index (χ2n) is 32.4. The Labute approximate surface area is 578 Å². The monoisotopic (exact) mass is 1290 g/mol. The molecular formula is C93H90N2Si2. The number of fused-ring (bicyclic) bond motifs is 8. The van der Waals surface area contributed by atoms with E-state index < -0.39 is 16.1 Å². The van der Waals surface area contributed by atoms with Gasteiger partial charge in [0.15, 0.2) is 0 Å². The van der Waals surface area contributed by atoms with Crippen molar-refractivity contribution in [3.05, 3.63) is 312 Å². The van der Waals surface area contributed by atoms with Crippen LogP contribution in [0.4, 0.5) is 34.1 Å². The van der Waals surface area contributed by atoms with Gasteiger partial charge in [0.05, 0.1) is 0 Å². The molecule has 1 spiro atoms. The highest BCUT2D eigenvalue weighted by Gasteiger charge is 2.63. The molecule has 0 unspecified atom stereocenters. The minimum Gasteiger partial charge on any atom is -0.310 e. The molecule has 480 valence electrons. The zero-order chi connectivity index (χ0) is 66.4. The number of benzene rings is 12. The van der Waals surface area contributed by atoms with E-state index in [1.54, 1.807) is 16.7 Å². The van der Waals surface area contributed by atoms with Crippen molar-refractivity contribution in [2.45, 2.75) is 122 Å². The Kier molecular flexibility index (Phi) is 14.4. The van der Waals surface area contributed by atoms with Gasteiger partial charge in [-0.2, -0.15) is 0 Å². The molecule has 0 saturated heterocycles. The lowest BCUT2D eigenvalue weighted by Crippen LogP contribution is -2.64. The molecule has 97 heavy (non-hydrogen) atoms. The summed E-state index contributed by atoms with van der Waals surface area (Å²) in [4.78, 5) is 5.09. The van der Waals surface area contributed by atoms with Crippen LogP contribution in [0.3, 0.4) is 0 Å². The van der Waals surface area contributed by atoms with Gasteiger partial charge in [-0.25, -0.2) is 0 Å². The highest BCUT2D eigenvalue weighted by atomic mass is 28.3. The van der Waals surface area contributed by atoms with Crippen molar-refractivity contribution >= 4 is 92.2 Å². The molecule has 0 atom stereocenters. The van der Waals surface area contributed by atoms with Gasteiger partial charge in [-0.3, -0.25) is 0 Å².